The fraction of sp³-hybridized carbons (Fsp3) is 0.400. The van der Waals surface area contributed by atoms with Crippen molar-refractivity contribution in [1.82, 2.24) is 0 Å². The largest absolute Gasteiger partial charge is 0.429 e. The van der Waals surface area contributed by atoms with Crippen molar-refractivity contribution < 1.29 is 13.5 Å². The topological polar surface area (TPSA) is 9.23 Å². The molecule has 0 unspecified atom stereocenters. The molecule has 3 heteroatoms. The van der Waals surface area contributed by atoms with Crippen LogP contribution in [0.2, 0.25) is 0 Å². The van der Waals surface area contributed by atoms with Crippen molar-refractivity contribution in [3.05, 3.63) is 65.2 Å². The van der Waals surface area contributed by atoms with Gasteiger partial charge in [0.25, 0.3) is 0 Å². The second-order valence-corrected chi connectivity index (χ2v) is 6.39. The summed E-state index contributed by atoms with van der Waals surface area (Å²) in [5.74, 6) is 0.696. The van der Waals surface area contributed by atoms with Gasteiger partial charge in [0.2, 0.25) is 0 Å². The summed E-state index contributed by atoms with van der Waals surface area (Å²) >= 11 is 0. The Morgan fingerprint density at radius 1 is 0.870 bits per heavy atom. The van der Waals surface area contributed by atoms with Gasteiger partial charge < -0.3 is 4.74 Å². The molecule has 2 aromatic carbocycles. The molecule has 1 fully saturated rings. The zero-order chi connectivity index (χ0) is 16.3. The molecule has 0 bridgehead atoms. The highest BCUT2D eigenvalue weighted by atomic mass is 19.3. The molecule has 23 heavy (non-hydrogen) atoms. The van der Waals surface area contributed by atoms with E-state index in [1.165, 1.54) is 37.0 Å². The van der Waals surface area contributed by atoms with Crippen LogP contribution < -0.4 is 4.74 Å². The summed E-state index contributed by atoms with van der Waals surface area (Å²) in [6.45, 7) is 1.91. The average molecular weight is 316 g/mol. The van der Waals surface area contributed by atoms with Gasteiger partial charge in [-0.3, -0.25) is 0 Å². The van der Waals surface area contributed by atoms with Gasteiger partial charge in [-0.25, -0.2) is 0 Å². The third-order valence-corrected chi connectivity index (χ3v) is 4.59. The predicted molar refractivity (Wildman–Crippen MR) is 88.0 cm³/mol. The third-order valence-electron chi connectivity index (χ3n) is 4.59. The number of benzene rings is 2. The lowest BCUT2D eigenvalue weighted by molar-refractivity contribution is -0.185. The van der Waals surface area contributed by atoms with Crippen molar-refractivity contribution in [2.45, 2.75) is 51.1 Å². The number of aryl methyl sites for hydroxylation is 1. The molecular weight excluding hydrogens is 294 g/mol. The maximum absolute atomic E-state index is 14.3. The number of rotatable bonds is 4. The summed E-state index contributed by atoms with van der Waals surface area (Å²) in [5, 5.41) is 0. The highest BCUT2D eigenvalue weighted by Gasteiger charge is 2.34. The first kappa shape index (κ1) is 16.0. The number of halogens is 2. The standard InChI is InChI=1S/C20H22F2O/c1-15-7-13-19(14-8-15)23-20(21,22)18-11-9-17(10-12-18)16-5-3-2-4-6-16/h7-14,16H,2-6H2,1H3. The van der Waals surface area contributed by atoms with E-state index in [0.29, 0.717) is 5.92 Å². The Balaban J connectivity index is 1.72. The van der Waals surface area contributed by atoms with E-state index in [9.17, 15) is 8.78 Å². The lowest BCUT2D eigenvalue weighted by atomic mass is 9.84. The van der Waals surface area contributed by atoms with E-state index in [4.69, 9.17) is 4.74 Å². The summed E-state index contributed by atoms with van der Waals surface area (Å²) in [6.07, 6.45) is 2.76. The highest BCUT2D eigenvalue weighted by Crippen LogP contribution is 2.35. The minimum absolute atomic E-state index is 0.0994. The van der Waals surface area contributed by atoms with Gasteiger partial charge in [-0.1, -0.05) is 49.1 Å². The van der Waals surface area contributed by atoms with Gasteiger partial charge in [-0.15, -0.1) is 0 Å². The van der Waals surface area contributed by atoms with Gasteiger partial charge >= 0.3 is 6.11 Å². The summed E-state index contributed by atoms with van der Waals surface area (Å²) in [4.78, 5) is 0. The van der Waals surface area contributed by atoms with Crippen LogP contribution in [0.15, 0.2) is 48.5 Å². The minimum atomic E-state index is -3.32. The first-order valence-corrected chi connectivity index (χ1v) is 8.28. The van der Waals surface area contributed by atoms with E-state index in [1.807, 2.05) is 19.1 Å². The third kappa shape index (κ3) is 3.90. The maximum Gasteiger partial charge on any atom is 0.426 e. The molecule has 0 atom stereocenters. The van der Waals surface area contributed by atoms with Gasteiger partial charge in [-0.05, 0) is 55.5 Å². The summed E-state index contributed by atoms with van der Waals surface area (Å²) in [5.41, 5.74) is 2.08. The highest BCUT2D eigenvalue weighted by molar-refractivity contribution is 5.30. The van der Waals surface area contributed by atoms with Crippen LogP contribution in [0.5, 0.6) is 5.75 Å². The van der Waals surface area contributed by atoms with Crippen LogP contribution in [0.4, 0.5) is 8.78 Å². The maximum atomic E-state index is 14.3. The number of hydrogen-bond acceptors (Lipinski definition) is 1. The van der Waals surface area contributed by atoms with E-state index in [0.717, 1.165) is 18.4 Å². The van der Waals surface area contributed by atoms with Crippen LogP contribution in [0.1, 0.15) is 54.7 Å². The second kappa shape index (κ2) is 6.69. The Hall–Kier alpha value is -1.90. The normalized spacial score (nSPS) is 16.3. The van der Waals surface area contributed by atoms with Crippen molar-refractivity contribution >= 4 is 0 Å². The zero-order valence-electron chi connectivity index (χ0n) is 13.4. The Labute approximate surface area is 136 Å². The monoisotopic (exact) mass is 316 g/mol. The molecule has 1 aliphatic rings. The SMILES string of the molecule is Cc1ccc(OC(F)(F)c2ccc(C3CCCCC3)cc2)cc1. The molecule has 0 amide bonds. The lowest BCUT2D eigenvalue weighted by Crippen LogP contribution is -2.22. The van der Waals surface area contributed by atoms with Gasteiger partial charge in [0.05, 0.1) is 5.56 Å². The molecule has 3 rings (SSSR count). The minimum Gasteiger partial charge on any atom is -0.429 e. The Kier molecular flexibility index (Phi) is 4.65. The Bertz CT molecular complexity index is 626. The smallest absolute Gasteiger partial charge is 0.426 e. The molecule has 0 radical (unpaired) electrons. The Morgan fingerprint density at radius 3 is 2.09 bits per heavy atom. The van der Waals surface area contributed by atoms with Crippen LogP contribution in [-0.2, 0) is 6.11 Å². The number of ether oxygens (including phenoxy) is 1. The quantitative estimate of drug-likeness (QED) is 0.655. The predicted octanol–water partition coefficient (Wildman–Crippen LogP) is 6.17. The van der Waals surface area contributed by atoms with E-state index < -0.39 is 6.11 Å². The Morgan fingerprint density at radius 2 is 1.48 bits per heavy atom. The molecule has 1 nitrogen and oxygen atoms in total. The summed E-state index contributed by atoms with van der Waals surface area (Å²) in [7, 11) is 0. The van der Waals surface area contributed by atoms with Gasteiger partial charge in [0.1, 0.15) is 5.75 Å². The molecule has 122 valence electrons. The van der Waals surface area contributed by atoms with Crippen LogP contribution in [0.25, 0.3) is 0 Å². The molecule has 0 spiro atoms. The van der Waals surface area contributed by atoms with Crippen LogP contribution >= 0.6 is 0 Å². The van der Waals surface area contributed by atoms with E-state index >= 15 is 0 Å². The molecule has 2 aromatic rings. The first-order chi connectivity index (χ1) is 11.0. The van der Waals surface area contributed by atoms with E-state index in [-0.39, 0.29) is 11.3 Å². The zero-order valence-corrected chi connectivity index (χ0v) is 13.4. The number of alkyl halides is 2. The lowest BCUT2D eigenvalue weighted by Gasteiger charge is -2.23. The molecule has 1 saturated carbocycles. The molecule has 0 aromatic heterocycles. The van der Waals surface area contributed by atoms with Gasteiger partial charge in [-0.2, -0.15) is 8.78 Å². The van der Waals surface area contributed by atoms with Crippen LogP contribution in [0, 0.1) is 6.92 Å². The fourth-order valence-electron chi connectivity index (χ4n) is 3.20. The molecule has 0 heterocycles. The van der Waals surface area contributed by atoms with Crippen molar-refractivity contribution in [1.29, 1.82) is 0 Å². The first-order valence-electron chi connectivity index (χ1n) is 8.28. The summed E-state index contributed by atoms with van der Waals surface area (Å²) in [6, 6.07) is 13.3. The van der Waals surface area contributed by atoms with Gasteiger partial charge in [0, 0.05) is 0 Å². The second-order valence-electron chi connectivity index (χ2n) is 6.39. The van der Waals surface area contributed by atoms with Crippen molar-refractivity contribution in [2.75, 3.05) is 0 Å². The molecule has 0 N–H and O–H groups in total. The summed E-state index contributed by atoms with van der Waals surface area (Å²) < 4.78 is 33.5. The number of hydrogen-bond donors (Lipinski definition) is 0. The fourth-order valence-corrected chi connectivity index (χ4v) is 3.20. The van der Waals surface area contributed by atoms with Crippen molar-refractivity contribution in [2.24, 2.45) is 0 Å². The molecule has 1 aliphatic carbocycles. The molecule has 0 aliphatic heterocycles. The van der Waals surface area contributed by atoms with Crippen molar-refractivity contribution in [3.8, 4) is 5.75 Å². The molecular formula is C20H22F2O. The van der Waals surface area contributed by atoms with Crippen LogP contribution in [0.3, 0.4) is 0 Å². The molecule has 0 saturated heterocycles. The van der Waals surface area contributed by atoms with Crippen LogP contribution in [-0.4, -0.2) is 0 Å². The average Bonchev–Trinajstić information content (AvgIpc) is 2.58. The van der Waals surface area contributed by atoms with Crippen molar-refractivity contribution in [3.63, 3.8) is 0 Å². The van der Waals surface area contributed by atoms with Gasteiger partial charge in [0.15, 0.2) is 0 Å². The van der Waals surface area contributed by atoms with E-state index in [2.05, 4.69) is 0 Å². The van der Waals surface area contributed by atoms with E-state index in [1.54, 1.807) is 24.3 Å².